The van der Waals surface area contributed by atoms with Gasteiger partial charge in [-0.2, -0.15) is 18.4 Å². The predicted octanol–water partition coefficient (Wildman–Crippen LogP) is 3.42. The minimum atomic E-state index is -4.61. The second kappa shape index (κ2) is 5.31. The standard InChI is InChI=1S/C15H10F3N3O/c16-15(17,18)12-5-6-14(20-13(12)7-19)21-8-10-3-1-2-4-11(10)9-22-21/h1-6H,8-9H2. The molecule has 0 N–H and O–H groups in total. The van der Waals surface area contributed by atoms with Crippen molar-refractivity contribution in [2.45, 2.75) is 19.3 Å². The van der Waals surface area contributed by atoms with E-state index in [0.29, 0.717) is 13.2 Å². The number of alkyl halides is 3. The normalized spacial score (nSPS) is 14.4. The molecule has 3 rings (SSSR count). The summed E-state index contributed by atoms with van der Waals surface area (Å²) in [7, 11) is 0. The second-order valence-corrected chi connectivity index (χ2v) is 4.75. The Morgan fingerprint density at radius 2 is 1.86 bits per heavy atom. The van der Waals surface area contributed by atoms with Crippen LogP contribution >= 0.6 is 0 Å². The van der Waals surface area contributed by atoms with Crippen LogP contribution < -0.4 is 5.06 Å². The molecule has 4 nitrogen and oxygen atoms in total. The van der Waals surface area contributed by atoms with Crippen LogP contribution in [0.2, 0.25) is 0 Å². The summed E-state index contributed by atoms with van der Waals surface area (Å²) in [6.07, 6.45) is -4.61. The van der Waals surface area contributed by atoms with Crippen molar-refractivity contribution < 1.29 is 18.0 Å². The number of nitriles is 1. The number of pyridine rings is 1. The molecule has 0 amide bonds. The molecule has 2 heterocycles. The number of hydrogen-bond acceptors (Lipinski definition) is 4. The second-order valence-electron chi connectivity index (χ2n) is 4.75. The van der Waals surface area contributed by atoms with E-state index in [1.54, 1.807) is 0 Å². The average molecular weight is 305 g/mol. The Bertz CT molecular complexity index is 752. The van der Waals surface area contributed by atoms with Crippen molar-refractivity contribution in [3.63, 3.8) is 0 Å². The van der Waals surface area contributed by atoms with Crippen LogP contribution in [0.5, 0.6) is 0 Å². The monoisotopic (exact) mass is 305 g/mol. The fourth-order valence-corrected chi connectivity index (χ4v) is 2.25. The van der Waals surface area contributed by atoms with Crippen LogP contribution in [-0.4, -0.2) is 4.98 Å². The Morgan fingerprint density at radius 1 is 1.14 bits per heavy atom. The van der Waals surface area contributed by atoms with Crippen molar-refractivity contribution in [1.82, 2.24) is 4.98 Å². The largest absolute Gasteiger partial charge is 0.419 e. The minimum Gasteiger partial charge on any atom is -0.267 e. The summed E-state index contributed by atoms with van der Waals surface area (Å²) in [5, 5.41) is 10.3. The number of halogens is 3. The molecule has 0 spiro atoms. The maximum Gasteiger partial charge on any atom is 0.419 e. The van der Waals surface area contributed by atoms with Crippen LogP contribution in [-0.2, 0) is 24.2 Å². The highest BCUT2D eigenvalue weighted by Gasteiger charge is 2.35. The maximum atomic E-state index is 12.8. The summed E-state index contributed by atoms with van der Waals surface area (Å²) in [6, 6.07) is 11.2. The molecule has 2 aromatic rings. The highest BCUT2D eigenvalue weighted by atomic mass is 19.4. The number of hydroxylamine groups is 1. The number of benzene rings is 1. The zero-order valence-electron chi connectivity index (χ0n) is 11.3. The molecule has 0 atom stereocenters. The minimum absolute atomic E-state index is 0.180. The molecule has 0 aliphatic carbocycles. The van der Waals surface area contributed by atoms with E-state index in [9.17, 15) is 13.2 Å². The topological polar surface area (TPSA) is 49.2 Å². The molecular weight excluding hydrogens is 295 g/mol. The lowest BCUT2D eigenvalue weighted by Gasteiger charge is -2.29. The van der Waals surface area contributed by atoms with E-state index >= 15 is 0 Å². The van der Waals surface area contributed by atoms with Gasteiger partial charge < -0.3 is 0 Å². The molecule has 112 valence electrons. The van der Waals surface area contributed by atoms with E-state index in [0.717, 1.165) is 17.2 Å². The van der Waals surface area contributed by atoms with Gasteiger partial charge in [-0.05, 0) is 23.3 Å². The van der Waals surface area contributed by atoms with Gasteiger partial charge in [-0.1, -0.05) is 24.3 Å². The first-order chi connectivity index (χ1) is 10.5. The van der Waals surface area contributed by atoms with Gasteiger partial charge in [-0.3, -0.25) is 4.84 Å². The molecule has 0 bridgehead atoms. The summed E-state index contributed by atoms with van der Waals surface area (Å²) in [4.78, 5) is 9.27. The number of hydrogen-bond donors (Lipinski definition) is 0. The van der Waals surface area contributed by atoms with Crippen molar-refractivity contribution in [2.24, 2.45) is 0 Å². The summed E-state index contributed by atoms with van der Waals surface area (Å²) in [5.41, 5.74) is 0.323. The molecule has 7 heteroatoms. The van der Waals surface area contributed by atoms with Gasteiger partial charge in [0, 0.05) is 0 Å². The van der Waals surface area contributed by atoms with E-state index in [4.69, 9.17) is 10.1 Å². The van der Waals surface area contributed by atoms with E-state index < -0.39 is 17.4 Å². The van der Waals surface area contributed by atoms with E-state index in [2.05, 4.69) is 4.98 Å². The van der Waals surface area contributed by atoms with Gasteiger partial charge in [0.2, 0.25) is 0 Å². The Hall–Kier alpha value is -2.59. The third kappa shape index (κ3) is 2.61. The molecule has 22 heavy (non-hydrogen) atoms. The van der Waals surface area contributed by atoms with Gasteiger partial charge in [-0.25, -0.2) is 10.0 Å². The summed E-state index contributed by atoms with van der Waals surface area (Å²) < 4.78 is 38.3. The van der Waals surface area contributed by atoms with Crippen LogP contribution in [0.25, 0.3) is 0 Å². The van der Waals surface area contributed by atoms with Crippen molar-refractivity contribution in [3.05, 3.63) is 58.8 Å². The van der Waals surface area contributed by atoms with Crippen molar-refractivity contribution in [3.8, 4) is 6.07 Å². The fourth-order valence-electron chi connectivity index (χ4n) is 2.25. The van der Waals surface area contributed by atoms with Gasteiger partial charge >= 0.3 is 6.18 Å². The van der Waals surface area contributed by atoms with Crippen LogP contribution in [0.3, 0.4) is 0 Å². The van der Waals surface area contributed by atoms with Crippen LogP contribution in [0.4, 0.5) is 19.0 Å². The first kappa shape index (κ1) is 14.4. The van der Waals surface area contributed by atoms with Crippen molar-refractivity contribution in [1.29, 1.82) is 5.26 Å². The molecule has 0 saturated heterocycles. The SMILES string of the molecule is N#Cc1nc(N2Cc3ccccc3CO2)ccc1C(F)(F)F. The summed E-state index contributed by atoms with van der Waals surface area (Å²) in [5.74, 6) is 0.180. The van der Waals surface area contributed by atoms with Crippen LogP contribution in [0.15, 0.2) is 36.4 Å². The zero-order chi connectivity index (χ0) is 15.7. The molecule has 0 saturated carbocycles. The number of fused-ring (bicyclic) bond motifs is 1. The lowest BCUT2D eigenvalue weighted by Crippen LogP contribution is -2.29. The summed E-state index contributed by atoms with van der Waals surface area (Å²) in [6.45, 7) is 0.667. The van der Waals surface area contributed by atoms with Gasteiger partial charge in [-0.15, -0.1) is 0 Å². The predicted molar refractivity (Wildman–Crippen MR) is 71.4 cm³/mol. The number of anilines is 1. The smallest absolute Gasteiger partial charge is 0.267 e. The fraction of sp³-hybridized carbons (Fsp3) is 0.200. The maximum absolute atomic E-state index is 12.8. The van der Waals surface area contributed by atoms with Crippen molar-refractivity contribution in [2.75, 3.05) is 5.06 Å². The number of aromatic nitrogens is 1. The average Bonchev–Trinajstić information content (AvgIpc) is 2.53. The Labute approximate surface area is 124 Å². The van der Waals surface area contributed by atoms with E-state index in [1.165, 1.54) is 17.2 Å². The summed E-state index contributed by atoms with van der Waals surface area (Å²) >= 11 is 0. The Morgan fingerprint density at radius 3 is 2.55 bits per heavy atom. The molecule has 1 aliphatic rings. The van der Waals surface area contributed by atoms with E-state index in [-0.39, 0.29) is 5.82 Å². The molecule has 1 aromatic carbocycles. The van der Waals surface area contributed by atoms with Gasteiger partial charge in [0.15, 0.2) is 11.5 Å². The molecule has 0 radical (unpaired) electrons. The van der Waals surface area contributed by atoms with E-state index in [1.807, 2.05) is 24.3 Å². The van der Waals surface area contributed by atoms with Gasteiger partial charge in [0.05, 0.1) is 12.1 Å². The number of rotatable bonds is 1. The van der Waals surface area contributed by atoms with Crippen molar-refractivity contribution >= 4 is 5.82 Å². The first-order valence-corrected chi connectivity index (χ1v) is 6.44. The van der Waals surface area contributed by atoms with Crippen LogP contribution in [0, 0.1) is 11.3 Å². The third-order valence-corrected chi connectivity index (χ3v) is 3.36. The zero-order valence-corrected chi connectivity index (χ0v) is 11.3. The molecule has 0 fully saturated rings. The lowest BCUT2D eigenvalue weighted by atomic mass is 10.1. The molecular formula is C15H10F3N3O. The lowest BCUT2D eigenvalue weighted by molar-refractivity contribution is -0.138. The molecule has 0 unspecified atom stereocenters. The third-order valence-electron chi connectivity index (χ3n) is 3.36. The number of nitrogens with zero attached hydrogens (tertiary/aromatic N) is 3. The highest BCUT2D eigenvalue weighted by Crippen LogP contribution is 2.33. The molecule has 1 aliphatic heterocycles. The molecule has 1 aromatic heterocycles. The van der Waals surface area contributed by atoms with Gasteiger partial charge in [0.25, 0.3) is 0 Å². The quantitative estimate of drug-likeness (QED) is 0.810. The Kier molecular flexibility index (Phi) is 3.47. The first-order valence-electron chi connectivity index (χ1n) is 6.44. The highest BCUT2D eigenvalue weighted by molar-refractivity contribution is 5.46. The van der Waals surface area contributed by atoms with Crippen LogP contribution in [0.1, 0.15) is 22.4 Å². The Balaban J connectivity index is 1.93. The van der Waals surface area contributed by atoms with Gasteiger partial charge in [0.1, 0.15) is 12.7 Å².